The molecule has 0 amide bonds. The molecule has 1 aliphatic heterocycles. The topological polar surface area (TPSA) is 29.9 Å². The average molecular weight is 243 g/mol. The van der Waals surface area contributed by atoms with Crippen LogP contribution in [0.4, 0.5) is 0 Å². The molecule has 96 valence electrons. The molecule has 1 unspecified atom stereocenters. The number of rotatable bonds is 2. The van der Waals surface area contributed by atoms with E-state index in [9.17, 15) is 0 Å². The maximum absolute atomic E-state index is 4.80. The third-order valence-corrected chi connectivity index (χ3v) is 4.06. The van der Waals surface area contributed by atoms with E-state index in [0.717, 1.165) is 24.4 Å². The summed E-state index contributed by atoms with van der Waals surface area (Å²) in [5.74, 6) is 1.97. The fourth-order valence-corrected chi connectivity index (χ4v) is 3.05. The van der Waals surface area contributed by atoms with Crippen molar-refractivity contribution in [3.8, 4) is 0 Å². The Bertz CT molecular complexity index is 550. The normalized spacial score (nSPS) is 20.4. The molecule has 0 bridgehead atoms. The van der Waals surface area contributed by atoms with Gasteiger partial charge in [0.25, 0.3) is 0 Å². The number of benzene rings is 1. The van der Waals surface area contributed by atoms with Crippen molar-refractivity contribution in [3.05, 3.63) is 29.6 Å². The highest BCUT2D eigenvalue weighted by atomic mass is 15.1. The Morgan fingerprint density at radius 2 is 2.33 bits per heavy atom. The lowest BCUT2D eigenvalue weighted by molar-refractivity contribution is 0.368. The molecule has 0 radical (unpaired) electrons. The second-order valence-electron chi connectivity index (χ2n) is 5.45. The summed E-state index contributed by atoms with van der Waals surface area (Å²) in [6.07, 6.45) is 3.72. The third kappa shape index (κ3) is 2.03. The lowest BCUT2D eigenvalue weighted by atomic mass is 9.96. The van der Waals surface area contributed by atoms with Crippen LogP contribution in [-0.2, 0) is 13.5 Å². The average Bonchev–Trinajstić information content (AvgIpc) is 2.69. The molecule has 1 N–H and O–H groups in total. The van der Waals surface area contributed by atoms with Crippen LogP contribution in [0.15, 0.2) is 18.2 Å². The second kappa shape index (κ2) is 4.73. The summed E-state index contributed by atoms with van der Waals surface area (Å²) in [5.41, 5.74) is 3.74. The summed E-state index contributed by atoms with van der Waals surface area (Å²) in [6, 6.07) is 6.37. The van der Waals surface area contributed by atoms with Gasteiger partial charge in [0.2, 0.25) is 0 Å². The van der Waals surface area contributed by atoms with Crippen molar-refractivity contribution in [2.45, 2.75) is 26.2 Å². The van der Waals surface area contributed by atoms with Crippen molar-refractivity contribution in [2.75, 3.05) is 13.1 Å². The van der Waals surface area contributed by atoms with Crippen LogP contribution in [0.1, 0.15) is 24.2 Å². The maximum atomic E-state index is 4.80. The summed E-state index contributed by atoms with van der Waals surface area (Å²) in [7, 11) is 2.15. The minimum absolute atomic E-state index is 0.745. The molecule has 2 heterocycles. The minimum Gasteiger partial charge on any atom is -0.331 e. The molecule has 1 aliphatic rings. The smallest absolute Gasteiger partial charge is 0.109 e. The Morgan fingerprint density at radius 1 is 1.44 bits per heavy atom. The van der Waals surface area contributed by atoms with Crippen LogP contribution < -0.4 is 5.32 Å². The first kappa shape index (κ1) is 11.7. The predicted molar refractivity (Wildman–Crippen MR) is 74.7 cm³/mol. The fraction of sp³-hybridized carbons (Fsp3) is 0.533. The molecule has 3 rings (SSSR count). The van der Waals surface area contributed by atoms with Crippen molar-refractivity contribution in [3.63, 3.8) is 0 Å². The zero-order valence-electron chi connectivity index (χ0n) is 11.2. The van der Waals surface area contributed by atoms with Gasteiger partial charge in [-0.15, -0.1) is 0 Å². The Morgan fingerprint density at radius 3 is 3.06 bits per heavy atom. The molecule has 1 saturated heterocycles. The lowest BCUT2D eigenvalue weighted by Gasteiger charge is -2.22. The number of para-hydroxylation sites is 1. The fourth-order valence-electron chi connectivity index (χ4n) is 3.05. The van der Waals surface area contributed by atoms with Gasteiger partial charge in [-0.05, 0) is 50.4 Å². The highest BCUT2D eigenvalue weighted by Gasteiger charge is 2.17. The summed E-state index contributed by atoms with van der Waals surface area (Å²) in [5, 5.41) is 3.48. The number of nitrogens with zero attached hydrogens (tertiary/aromatic N) is 2. The van der Waals surface area contributed by atoms with Gasteiger partial charge < -0.3 is 9.88 Å². The quantitative estimate of drug-likeness (QED) is 0.878. The number of fused-ring (bicyclic) bond motifs is 1. The summed E-state index contributed by atoms with van der Waals surface area (Å²) < 4.78 is 2.28. The first-order chi connectivity index (χ1) is 8.75. The number of aryl methyl sites for hydroxylation is 2. The zero-order valence-corrected chi connectivity index (χ0v) is 11.2. The van der Waals surface area contributed by atoms with Gasteiger partial charge in [0.05, 0.1) is 11.0 Å². The molecule has 1 atom stereocenters. The van der Waals surface area contributed by atoms with Crippen LogP contribution in [0.5, 0.6) is 0 Å². The van der Waals surface area contributed by atoms with Gasteiger partial charge in [-0.1, -0.05) is 12.1 Å². The summed E-state index contributed by atoms with van der Waals surface area (Å²) in [4.78, 5) is 4.80. The van der Waals surface area contributed by atoms with Crippen LogP contribution >= 0.6 is 0 Å². The van der Waals surface area contributed by atoms with Gasteiger partial charge >= 0.3 is 0 Å². The number of aromatic nitrogens is 2. The molecule has 0 aliphatic carbocycles. The second-order valence-corrected chi connectivity index (χ2v) is 5.45. The van der Waals surface area contributed by atoms with Gasteiger partial charge in [0.1, 0.15) is 5.82 Å². The van der Waals surface area contributed by atoms with Crippen molar-refractivity contribution in [2.24, 2.45) is 13.0 Å². The van der Waals surface area contributed by atoms with Crippen molar-refractivity contribution >= 4 is 11.0 Å². The number of nitrogens with one attached hydrogen (secondary N) is 1. The Hall–Kier alpha value is -1.35. The highest BCUT2D eigenvalue weighted by Crippen LogP contribution is 2.22. The van der Waals surface area contributed by atoms with Gasteiger partial charge in [0.15, 0.2) is 0 Å². The SMILES string of the molecule is Cc1cccc2nc(CC3CCCNC3)n(C)c12. The van der Waals surface area contributed by atoms with Crippen molar-refractivity contribution in [1.82, 2.24) is 14.9 Å². The van der Waals surface area contributed by atoms with E-state index in [4.69, 9.17) is 4.98 Å². The zero-order chi connectivity index (χ0) is 12.5. The number of hydrogen-bond donors (Lipinski definition) is 1. The van der Waals surface area contributed by atoms with Crippen molar-refractivity contribution < 1.29 is 0 Å². The molecular weight excluding hydrogens is 222 g/mol. The van der Waals surface area contributed by atoms with Gasteiger partial charge in [0, 0.05) is 13.5 Å². The first-order valence-electron chi connectivity index (χ1n) is 6.87. The number of hydrogen-bond acceptors (Lipinski definition) is 2. The first-order valence-corrected chi connectivity index (χ1v) is 6.87. The molecule has 0 saturated carbocycles. The Labute approximate surface area is 108 Å². The van der Waals surface area contributed by atoms with E-state index in [1.807, 2.05) is 0 Å². The lowest BCUT2D eigenvalue weighted by Crippen LogP contribution is -2.31. The minimum atomic E-state index is 0.745. The van der Waals surface area contributed by atoms with E-state index in [1.54, 1.807) is 0 Å². The molecule has 3 heteroatoms. The predicted octanol–water partition coefficient (Wildman–Crippen LogP) is 2.42. The molecule has 1 fully saturated rings. The number of piperidine rings is 1. The van der Waals surface area contributed by atoms with E-state index < -0.39 is 0 Å². The van der Waals surface area contributed by atoms with E-state index in [2.05, 4.69) is 42.1 Å². The molecular formula is C15H21N3. The number of imidazole rings is 1. The van der Waals surface area contributed by atoms with Crippen LogP contribution in [0.2, 0.25) is 0 Å². The van der Waals surface area contributed by atoms with Crippen LogP contribution in [0.3, 0.4) is 0 Å². The molecule has 0 spiro atoms. The van der Waals surface area contributed by atoms with Gasteiger partial charge in [-0.3, -0.25) is 0 Å². The molecule has 2 aromatic rings. The van der Waals surface area contributed by atoms with Crippen LogP contribution in [-0.4, -0.2) is 22.6 Å². The highest BCUT2D eigenvalue weighted by molar-refractivity contribution is 5.79. The van der Waals surface area contributed by atoms with E-state index >= 15 is 0 Å². The Kier molecular flexibility index (Phi) is 3.08. The monoisotopic (exact) mass is 243 g/mol. The van der Waals surface area contributed by atoms with E-state index in [-0.39, 0.29) is 0 Å². The maximum Gasteiger partial charge on any atom is 0.109 e. The largest absolute Gasteiger partial charge is 0.331 e. The van der Waals surface area contributed by atoms with Crippen molar-refractivity contribution in [1.29, 1.82) is 0 Å². The standard InChI is InChI=1S/C15H21N3/c1-11-5-3-7-13-15(11)18(2)14(17-13)9-12-6-4-8-16-10-12/h3,5,7,12,16H,4,6,8-10H2,1-2H3. The van der Waals surface area contributed by atoms with Crippen LogP contribution in [0.25, 0.3) is 11.0 Å². The molecule has 3 nitrogen and oxygen atoms in total. The third-order valence-electron chi connectivity index (χ3n) is 4.06. The summed E-state index contributed by atoms with van der Waals surface area (Å²) in [6.45, 7) is 4.48. The van der Waals surface area contributed by atoms with Crippen LogP contribution in [0, 0.1) is 12.8 Å². The van der Waals surface area contributed by atoms with Gasteiger partial charge in [-0.25, -0.2) is 4.98 Å². The Balaban J connectivity index is 1.92. The van der Waals surface area contributed by atoms with E-state index in [0.29, 0.717) is 0 Å². The molecule has 1 aromatic carbocycles. The van der Waals surface area contributed by atoms with E-state index in [1.165, 1.54) is 36.3 Å². The molecule has 18 heavy (non-hydrogen) atoms. The molecule has 1 aromatic heterocycles. The summed E-state index contributed by atoms with van der Waals surface area (Å²) >= 11 is 0. The van der Waals surface area contributed by atoms with Gasteiger partial charge in [-0.2, -0.15) is 0 Å².